The predicted octanol–water partition coefficient (Wildman–Crippen LogP) is 2.41. The quantitative estimate of drug-likeness (QED) is 0.707. The molecule has 0 aliphatic rings. The van der Waals surface area contributed by atoms with Gasteiger partial charge in [0.25, 0.3) is 0 Å². The van der Waals surface area contributed by atoms with E-state index in [1.807, 2.05) is 40.8 Å². The van der Waals surface area contributed by atoms with E-state index in [2.05, 4.69) is 5.10 Å². The van der Waals surface area contributed by atoms with Crippen molar-refractivity contribution in [1.29, 1.82) is 0 Å². The van der Waals surface area contributed by atoms with E-state index in [0.717, 1.165) is 23.8 Å². The highest BCUT2D eigenvalue weighted by atomic mass is 32.2. The summed E-state index contributed by atoms with van der Waals surface area (Å²) in [5.41, 5.74) is 0. The van der Waals surface area contributed by atoms with Gasteiger partial charge in [0.15, 0.2) is 0 Å². The first-order chi connectivity index (χ1) is 6.95. The molecule has 74 valence electrons. The molecule has 3 nitrogen and oxygen atoms in total. The van der Waals surface area contributed by atoms with Crippen LogP contribution in [0.3, 0.4) is 0 Å². The molecule has 2 rings (SSSR count). The molecule has 0 bridgehead atoms. The molecule has 0 aliphatic heterocycles. The van der Waals surface area contributed by atoms with Crippen LogP contribution in [-0.2, 0) is 12.3 Å². The summed E-state index contributed by atoms with van der Waals surface area (Å²) >= 11 is 1.85. The first kappa shape index (κ1) is 9.40. The van der Waals surface area contributed by atoms with E-state index in [1.54, 1.807) is 12.5 Å². The average Bonchev–Trinajstić information content (AvgIpc) is 2.86. The van der Waals surface area contributed by atoms with Gasteiger partial charge in [-0.2, -0.15) is 16.9 Å². The van der Waals surface area contributed by atoms with Gasteiger partial charge in [-0.3, -0.25) is 4.68 Å². The standard InChI is InChI=1S/C10H12N2OS/c1-3-10(13-7-1)9-14-8-6-12-5-2-4-11-12/h1-5,7H,6,8-9H2. The zero-order chi connectivity index (χ0) is 9.64. The average molecular weight is 208 g/mol. The Kier molecular flexibility index (Phi) is 3.29. The molecule has 0 saturated heterocycles. The highest BCUT2D eigenvalue weighted by Gasteiger charge is 1.96. The number of furan rings is 1. The van der Waals surface area contributed by atoms with Gasteiger partial charge in [-0.15, -0.1) is 0 Å². The van der Waals surface area contributed by atoms with E-state index in [-0.39, 0.29) is 0 Å². The van der Waals surface area contributed by atoms with Crippen LogP contribution < -0.4 is 0 Å². The summed E-state index contributed by atoms with van der Waals surface area (Å²) < 4.78 is 7.17. The van der Waals surface area contributed by atoms with E-state index in [4.69, 9.17) is 4.42 Å². The largest absolute Gasteiger partial charge is 0.468 e. The lowest BCUT2D eigenvalue weighted by Gasteiger charge is -1.99. The normalized spacial score (nSPS) is 10.6. The van der Waals surface area contributed by atoms with Crippen molar-refractivity contribution in [2.24, 2.45) is 0 Å². The lowest BCUT2D eigenvalue weighted by molar-refractivity contribution is 0.530. The van der Waals surface area contributed by atoms with Gasteiger partial charge in [0.2, 0.25) is 0 Å². The van der Waals surface area contributed by atoms with Crippen molar-refractivity contribution in [2.75, 3.05) is 5.75 Å². The third kappa shape index (κ3) is 2.67. The maximum absolute atomic E-state index is 5.23. The van der Waals surface area contributed by atoms with E-state index in [1.165, 1.54) is 0 Å². The van der Waals surface area contributed by atoms with Crippen LogP contribution in [0.25, 0.3) is 0 Å². The maximum atomic E-state index is 5.23. The molecule has 0 fully saturated rings. The number of hydrogen-bond acceptors (Lipinski definition) is 3. The van der Waals surface area contributed by atoms with Crippen molar-refractivity contribution < 1.29 is 4.42 Å². The molecular formula is C10H12N2OS. The second kappa shape index (κ2) is 4.91. The van der Waals surface area contributed by atoms with Crippen LogP contribution in [-0.4, -0.2) is 15.5 Å². The summed E-state index contributed by atoms with van der Waals surface area (Å²) in [7, 11) is 0. The topological polar surface area (TPSA) is 31.0 Å². The van der Waals surface area contributed by atoms with Crippen molar-refractivity contribution in [3.63, 3.8) is 0 Å². The summed E-state index contributed by atoms with van der Waals surface area (Å²) in [5.74, 6) is 3.03. The molecule has 0 spiro atoms. The Morgan fingerprint density at radius 2 is 2.43 bits per heavy atom. The van der Waals surface area contributed by atoms with Crippen LogP contribution in [0.2, 0.25) is 0 Å². The molecule has 2 heterocycles. The molecule has 0 unspecified atom stereocenters. The van der Waals surface area contributed by atoms with Crippen LogP contribution in [0.1, 0.15) is 5.76 Å². The molecule has 0 aliphatic carbocycles. The highest BCUT2D eigenvalue weighted by molar-refractivity contribution is 7.98. The number of aromatic nitrogens is 2. The molecule has 2 aromatic heterocycles. The smallest absolute Gasteiger partial charge is 0.113 e. The molecule has 14 heavy (non-hydrogen) atoms. The fourth-order valence-electron chi connectivity index (χ4n) is 1.16. The van der Waals surface area contributed by atoms with Crippen LogP contribution in [0, 0.1) is 0 Å². The lowest BCUT2D eigenvalue weighted by atomic mass is 10.5. The Bertz CT molecular complexity index is 306. The summed E-state index contributed by atoms with van der Waals surface area (Å²) in [6.07, 6.45) is 5.49. The van der Waals surface area contributed by atoms with Crippen molar-refractivity contribution >= 4 is 11.8 Å². The van der Waals surface area contributed by atoms with Gasteiger partial charge >= 0.3 is 0 Å². The summed E-state index contributed by atoms with van der Waals surface area (Å²) in [6.45, 7) is 0.957. The SMILES string of the molecule is c1coc(CSCCn2cccn2)c1. The zero-order valence-electron chi connectivity index (χ0n) is 7.80. The van der Waals surface area contributed by atoms with E-state index >= 15 is 0 Å². The van der Waals surface area contributed by atoms with Gasteiger partial charge in [-0.05, 0) is 18.2 Å². The van der Waals surface area contributed by atoms with Gasteiger partial charge in [-0.25, -0.2) is 0 Å². The molecule has 0 N–H and O–H groups in total. The van der Waals surface area contributed by atoms with Crippen LogP contribution in [0.5, 0.6) is 0 Å². The molecule has 0 atom stereocenters. The number of rotatable bonds is 5. The fraction of sp³-hybridized carbons (Fsp3) is 0.300. The lowest BCUT2D eigenvalue weighted by Crippen LogP contribution is -2.00. The summed E-state index contributed by atoms with van der Waals surface area (Å²) in [6, 6.07) is 5.86. The van der Waals surface area contributed by atoms with Crippen LogP contribution in [0.4, 0.5) is 0 Å². The van der Waals surface area contributed by atoms with Crippen molar-refractivity contribution in [1.82, 2.24) is 9.78 Å². The third-order valence-corrected chi connectivity index (χ3v) is 2.81. The summed E-state index contributed by atoms with van der Waals surface area (Å²) in [5, 5.41) is 4.13. The molecule has 0 aromatic carbocycles. The van der Waals surface area contributed by atoms with Gasteiger partial charge in [0, 0.05) is 24.7 Å². The first-order valence-corrected chi connectivity index (χ1v) is 5.68. The first-order valence-electron chi connectivity index (χ1n) is 4.53. The maximum Gasteiger partial charge on any atom is 0.113 e. The zero-order valence-corrected chi connectivity index (χ0v) is 8.61. The van der Waals surface area contributed by atoms with Gasteiger partial charge in [0.05, 0.1) is 12.0 Å². The van der Waals surface area contributed by atoms with Crippen molar-refractivity contribution in [3.05, 3.63) is 42.6 Å². The van der Waals surface area contributed by atoms with Gasteiger partial charge in [0.1, 0.15) is 5.76 Å². The van der Waals surface area contributed by atoms with Crippen LogP contribution in [0.15, 0.2) is 41.3 Å². The van der Waals surface area contributed by atoms with E-state index in [0.29, 0.717) is 0 Å². The second-order valence-electron chi connectivity index (χ2n) is 2.90. The van der Waals surface area contributed by atoms with E-state index in [9.17, 15) is 0 Å². The van der Waals surface area contributed by atoms with Crippen molar-refractivity contribution in [2.45, 2.75) is 12.3 Å². The minimum atomic E-state index is 0.939. The minimum Gasteiger partial charge on any atom is -0.468 e. The molecule has 0 amide bonds. The Morgan fingerprint density at radius 3 is 3.14 bits per heavy atom. The molecule has 2 aromatic rings. The van der Waals surface area contributed by atoms with E-state index < -0.39 is 0 Å². The Hall–Kier alpha value is -1.16. The van der Waals surface area contributed by atoms with Gasteiger partial charge in [-0.1, -0.05) is 0 Å². The summed E-state index contributed by atoms with van der Waals surface area (Å²) in [4.78, 5) is 0. The number of hydrogen-bond donors (Lipinski definition) is 0. The fourth-order valence-corrected chi connectivity index (χ4v) is 1.98. The minimum absolute atomic E-state index is 0.939. The molecule has 0 saturated carbocycles. The Morgan fingerprint density at radius 1 is 1.43 bits per heavy atom. The highest BCUT2D eigenvalue weighted by Crippen LogP contribution is 2.12. The van der Waals surface area contributed by atoms with Gasteiger partial charge < -0.3 is 4.42 Å². The van der Waals surface area contributed by atoms with Crippen LogP contribution >= 0.6 is 11.8 Å². The third-order valence-electron chi connectivity index (χ3n) is 1.85. The predicted molar refractivity (Wildman–Crippen MR) is 57.1 cm³/mol. The second-order valence-corrected chi connectivity index (χ2v) is 4.01. The molecular weight excluding hydrogens is 196 g/mol. The van der Waals surface area contributed by atoms with Crippen molar-refractivity contribution in [3.8, 4) is 0 Å². The number of aryl methyl sites for hydroxylation is 1. The molecule has 4 heteroatoms. The number of thioether (sulfide) groups is 1. The monoisotopic (exact) mass is 208 g/mol. The Balaban J connectivity index is 1.65. The number of nitrogens with zero attached hydrogens (tertiary/aromatic N) is 2. The molecule has 0 radical (unpaired) electrons. The Labute approximate surface area is 87.1 Å².